The lowest BCUT2D eigenvalue weighted by atomic mass is 10.1. The predicted octanol–water partition coefficient (Wildman–Crippen LogP) is 3.61. The molecule has 0 saturated carbocycles. The summed E-state index contributed by atoms with van der Waals surface area (Å²) in [5.74, 6) is 1.49. The zero-order valence-electron chi connectivity index (χ0n) is 13.6. The van der Waals surface area contributed by atoms with E-state index in [-0.39, 0.29) is 11.9 Å². The molecule has 1 aromatic carbocycles. The molecule has 23 heavy (non-hydrogen) atoms. The molecule has 0 radical (unpaired) electrons. The average Bonchev–Trinajstić information content (AvgIpc) is 3.23. The molecule has 5 heteroatoms. The van der Waals surface area contributed by atoms with Crippen molar-refractivity contribution in [1.29, 1.82) is 0 Å². The van der Waals surface area contributed by atoms with Crippen molar-refractivity contribution in [3.05, 3.63) is 47.3 Å². The molecule has 1 atom stereocenters. The van der Waals surface area contributed by atoms with Crippen molar-refractivity contribution in [1.82, 2.24) is 10.1 Å². The summed E-state index contributed by atoms with van der Waals surface area (Å²) in [5.41, 5.74) is 1.45. The van der Waals surface area contributed by atoms with E-state index >= 15 is 0 Å². The van der Waals surface area contributed by atoms with Gasteiger partial charge in [-0.05, 0) is 31.4 Å². The quantitative estimate of drug-likeness (QED) is 0.846. The van der Waals surface area contributed by atoms with Crippen molar-refractivity contribution in [3.63, 3.8) is 0 Å². The fourth-order valence-corrected chi connectivity index (χ4v) is 3.14. The average molecular weight is 314 g/mol. The maximum Gasteiger partial charge on any atom is 0.258 e. The number of rotatable bonds is 5. The monoisotopic (exact) mass is 314 g/mol. The number of benzene rings is 1. The lowest BCUT2D eigenvalue weighted by Gasteiger charge is -2.23. The number of likely N-dealkylation sites (tertiary alicyclic amines) is 1. The zero-order chi connectivity index (χ0) is 16.2. The van der Waals surface area contributed by atoms with E-state index in [2.05, 4.69) is 12.1 Å². The van der Waals surface area contributed by atoms with E-state index in [0.717, 1.165) is 43.7 Å². The van der Waals surface area contributed by atoms with Crippen LogP contribution in [0.4, 0.5) is 0 Å². The molecule has 1 amide bonds. The molecule has 3 rings (SSSR count). The molecule has 1 aliphatic heterocycles. The highest BCUT2D eigenvalue weighted by Gasteiger charge is 2.33. The highest BCUT2D eigenvalue weighted by atomic mass is 16.5. The van der Waals surface area contributed by atoms with Gasteiger partial charge in [0.1, 0.15) is 17.2 Å². The van der Waals surface area contributed by atoms with E-state index in [4.69, 9.17) is 9.26 Å². The molecule has 2 heterocycles. The number of para-hydroxylation sites is 1. The van der Waals surface area contributed by atoms with Crippen LogP contribution in [-0.2, 0) is 6.42 Å². The Morgan fingerprint density at radius 1 is 1.43 bits per heavy atom. The van der Waals surface area contributed by atoms with Gasteiger partial charge in [-0.3, -0.25) is 4.79 Å². The van der Waals surface area contributed by atoms with Crippen LogP contribution < -0.4 is 4.74 Å². The Bertz CT molecular complexity index is 680. The third-order valence-corrected chi connectivity index (χ3v) is 4.27. The summed E-state index contributed by atoms with van der Waals surface area (Å²) in [7, 11) is 1.59. The van der Waals surface area contributed by atoms with E-state index in [1.165, 1.54) is 0 Å². The molecule has 2 aromatic rings. The summed E-state index contributed by atoms with van der Waals surface area (Å²) in [6, 6.07) is 9.32. The number of amides is 1. The fraction of sp³-hybridized carbons (Fsp3) is 0.444. The van der Waals surface area contributed by atoms with Crippen LogP contribution in [0.2, 0.25) is 0 Å². The molecular weight excluding hydrogens is 292 g/mol. The standard InChI is InChI=1S/C18H22N2O3/c1-3-7-13-12-15(19-23-13)16-9-6-11-20(16)18(21)14-8-4-5-10-17(14)22-2/h4-5,8,10,12,16H,3,6-7,9,11H2,1-2H3/t16-/m1/s1. The van der Waals surface area contributed by atoms with E-state index in [1.807, 2.05) is 35.2 Å². The fourth-order valence-electron chi connectivity index (χ4n) is 3.14. The Balaban J connectivity index is 1.84. The molecule has 0 aliphatic carbocycles. The van der Waals surface area contributed by atoms with Gasteiger partial charge < -0.3 is 14.2 Å². The summed E-state index contributed by atoms with van der Waals surface area (Å²) < 4.78 is 10.7. The normalized spacial score (nSPS) is 17.5. The molecule has 0 unspecified atom stereocenters. The second kappa shape index (κ2) is 6.86. The van der Waals surface area contributed by atoms with Crippen LogP contribution in [-0.4, -0.2) is 29.6 Å². The van der Waals surface area contributed by atoms with Crippen LogP contribution in [0, 0.1) is 0 Å². The van der Waals surface area contributed by atoms with E-state index in [0.29, 0.717) is 11.3 Å². The van der Waals surface area contributed by atoms with Crippen molar-refractivity contribution < 1.29 is 14.1 Å². The Morgan fingerprint density at radius 3 is 3.04 bits per heavy atom. The number of aromatic nitrogens is 1. The number of nitrogens with zero attached hydrogens (tertiary/aromatic N) is 2. The van der Waals surface area contributed by atoms with E-state index in [1.54, 1.807) is 7.11 Å². The van der Waals surface area contributed by atoms with Crippen molar-refractivity contribution in [2.75, 3.05) is 13.7 Å². The first kappa shape index (κ1) is 15.6. The van der Waals surface area contributed by atoms with Crippen LogP contribution in [0.3, 0.4) is 0 Å². The van der Waals surface area contributed by atoms with Gasteiger partial charge in [0.15, 0.2) is 0 Å². The van der Waals surface area contributed by atoms with Gasteiger partial charge in [-0.2, -0.15) is 0 Å². The van der Waals surface area contributed by atoms with Crippen molar-refractivity contribution in [2.24, 2.45) is 0 Å². The second-order valence-electron chi connectivity index (χ2n) is 5.82. The predicted molar refractivity (Wildman–Crippen MR) is 86.5 cm³/mol. The third kappa shape index (κ3) is 3.09. The first-order valence-corrected chi connectivity index (χ1v) is 8.14. The van der Waals surface area contributed by atoms with Crippen molar-refractivity contribution in [3.8, 4) is 5.75 Å². The minimum atomic E-state index is -0.0123. The Labute approximate surface area is 136 Å². The molecule has 1 saturated heterocycles. The molecule has 5 nitrogen and oxygen atoms in total. The Hall–Kier alpha value is -2.30. The SMILES string of the molecule is CCCc1cc([C@H]2CCCN2C(=O)c2ccccc2OC)no1. The number of carbonyl (C=O) groups excluding carboxylic acids is 1. The third-order valence-electron chi connectivity index (χ3n) is 4.27. The van der Waals surface area contributed by atoms with Crippen LogP contribution in [0.1, 0.15) is 54.0 Å². The zero-order valence-corrected chi connectivity index (χ0v) is 13.6. The van der Waals surface area contributed by atoms with Crippen molar-refractivity contribution >= 4 is 5.91 Å². The van der Waals surface area contributed by atoms with Gasteiger partial charge in [-0.25, -0.2) is 0 Å². The minimum absolute atomic E-state index is 0.00927. The van der Waals surface area contributed by atoms with Gasteiger partial charge >= 0.3 is 0 Å². The largest absolute Gasteiger partial charge is 0.496 e. The molecule has 1 aliphatic rings. The number of ether oxygens (including phenoxy) is 1. The summed E-state index contributed by atoms with van der Waals surface area (Å²) >= 11 is 0. The smallest absolute Gasteiger partial charge is 0.258 e. The summed E-state index contributed by atoms with van der Waals surface area (Å²) in [6.07, 6.45) is 3.78. The Kier molecular flexibility index (Phi) is 4.65. The van der Waals surface area contributed by atoms with Crippen LogP contribution in [0.5, 0.6) is 5.75 Å². The number of hydrogen-bond donors (Lipinski definition) is 0. The van der Waals surface area contributed by atoms with E-state index in [9.17, 15) is 4.79 Å². The summed E-state index contributed by atoms with van der Waals surface area (Å²) in [5, 5.41) is 4.19. The van der Waals surface area contributed by atoms with Gasteiger partial charge in [0, 0.05) is 19.0 Å². The molecule has 0 N–H and O–H groups in total. The number of aryl methyl sites for hydroxylation is 1. The van der Waals surface area contributed by atoms with Crippen LogP contribution >= 0.6 is 0 Å². The van der Waals surface area contributed by atoms with Crippen molar-refractivity contribution in [2.45, 2.75) is 38.6 Å². The number of methoxy groups -OCH3 is 1. The lowest BCUT2D eigenvalue weighted by Crippen LogP contribution is -2.31. The summed E-state index contributed by atoms with van der Waals surface area (Å²) in [4.78, 5) is 14.8. The second-order valence-corrected chi connectivity index (χ2v) is 5.82. The van der Waals surface area contributed by atoms with Gasteiger partial charge in [0.05, 0.1) is 18.7 Å². The van der Waals surface area contributed by atoms with Gasteiger partial charge in [0.2, 0.25) is 0 Å². The molecule has 0 spiro atoms. The number of carbonyl (C=O) groups is 1. The van der Waals surface area contributed by atoms with Crippen LogP contribution in [0.25, 0.3) is 0 Å². The van der Waals surface area contributed by atoms with Gasteiger partial charge in [0.25, 0.3) is 5.91 Å². The molecule has 122 valence electrons. The Morgan fingerprint density at radius 2 is 2.26 bits per heavy atom. The molecule has 1 aromatic heterocycles. The lowest BCUT2D eigenvalue weighted by molar-refractivity contribution is 0.0727. The highest BCUT2D eigenvalue weighted by Crippen LogP contribution is 2.34. The van der Waals surface area contributed by atoms with E-state index < -0.39 is 0 Å². The number of hydrogen-bond acceptors (Lipinski definition) is 4. The minimum Gasteiger partial charge on any atom is -0.496 e. The highest BCUT2D eigenvalue weighted by molar-refractivity contribution is 5.97. The maximum absolute atomic E-state index is 12.9. The summed E-state index contributed by atoms with van der Waals surface area (Å²) in [6.45, 7) is 2.84. The molecule has 0 bridgehead atoms. The molecule has 1 fully saturated rings. The topological polar surface area (TPSA) is 55.6 Å². The van der Waals surface area contributed by atoms with Gasteiger partial charge in [-0.1, -0.05) is 24.2 Å². The van der Waals surface area contributed by atoms with Crippen LogP contribution in [0.15, 0.2) is 34.9 Å². The first-order chi connectivity index (χ1) is 11.2. The molecular formula is C18H22N2O3. The first-order valence-electron chi connectivity index (χ1n) is 8.14. The van der Waals surface area contributed by atoms with Gasteiger partial charge in [-0.15, -0.1) is 0 Å². The maximum atomic E-state index is 12.9.